The van der Waals surface area contributed by atoms with Crippen molar-refractivity contribution in [3.8, 4) is 17.2 Å². The highest BCUT2D eigenvalue weighted by Crippen LogP contribution is 2.29. The number of methoxy groups -OCH3 is 1. The number of hydrogen-bond acceptors (Lipinski definition) is 6. The molecule has 4 aromatic rings. The quantitative estimate of drug-likeness (QED) is 0.204. The van der Waals surface area contributed by atoms with Gasteiger partial charge in [-0.2, -0.15) is 5.10 Å². The van der Waals surface area contributed by atoms with Crippen LogP contribution < -0.4 is 25.0 Å². The topological polar surface area (TPSA) is 98.3 Å². The number of aryl methyl sites for hydroxylation is 1. The van der Waals surface area contributed by atoms with Crippen LogP contribution in [-0.2, 0) is 11.4 Å². The molecule has 0 saturated carbocycles. The number of hydrazone groups is 1. The van der Waals surface area contributed by atoms with E-state index in [2.05, 4.69) is 15.8 Å². The van der Waals surface area contributed by atoms with Crippen LogP contribution in [0.25, 0.3) is 0 Å². The highest BCUT2D eigenvalue weighted by Gasteiger charge is 2.11. The molecule has 0 saturated heterocycles. The van der Waals surface area contributed by atoms with Gasteiger partial charge in [-0.3, -0.25) is 9.59 Å². The predicted molar refractivity (Wildman–Crippen MR) is 151 cm³/mol. The molecule has 0 bridgehead atoms. The maximum Gasteiger partial charge on any atom is 0.271 e. The number of carbonyl (C=O) groups excluding carboxylic acids is 2. The number of benzene rings is 4. The first-order valence-electron chi connectivity index (χ1n) is 12.3. The van der Waals surface area contributed by atoms with Crippen molar-refractivity contribution in [1.82, 2.24) is 5.43 Å². The van der Waals surface area contributed by atoms with Gasteiger partial charge in [-0.1, -0.05) is 54.6 Å². The number of nitrogens with one attached hydrogen (secondary N) is 2. The number of amides is 2. The third-order valence-electron chi connectivity index (χ3n) is 5.57. The molecule has 8 heteroatoms. The maximum atomic E-state index is 12.6. The Bertz CT molecular complexity index is 1450. The summed E-state index contributed by atoms with van der Waals surface area (Å²) in [6.45, 7) is 2.20. The zero-order valence-electron chi connectivity index (χ0n) is 21.7. The minimum Gasteiger partial charge on any atom is -0.493 e. The first-order chi connectivity index (χ1) is 19.0. The molecule has 4 rings (SSSR count). The molecule has 2 N–H and O–H groups in total. The Morgan fingerprint density at radius 1 is 0.846 bits per heavy atom. The number of carbonyl (C=O) groups is 2. The van der Waals surface area contributed by atoms with Gasteiger partial charge in [0.25, 0.3) is 11.8 Å². The first kappa shape index (κ1) is 26.9. The third-order valence-corrected chi connectivity index (χ3v) is 5.57. The molecule has 4 aromatic carbocycles. The third kappa shape index (κ3) is 8.19. The van der Waals surface area contributed by atoms with Crippen LogP contribution in [0.15, 0.2) is 102 Å². The molecule has 198 valence electrons. The van der Waals surface area contributed by atoms with Crippen LogP contribution in [0.3, 0.4) is 0 Å². The molecule has 0 aromatic heterocycles. The smallest absolute Gasteiger partial charge is 0.271 e. The molecule has 0 fully saturated rings. The Hall–Kier alpha value is -5.11. The standard InChI is InChI=1S/C31H29N3O5/c1-22-8-6-12-26(16-22)33-30(35)21-38-27-13-7-11-24(17-27)19-32-34-31(36)25-14-15-28(29(18-25)37-2)39-20-23-9-4-3-5-10-23/h3-19H,20-21H2,1-2H3,(H,33,35)(H,34,36)/b32-19+. The van der Waals surface area contributed by atoms with E-state index in [-0.39, 0.29) is 12.5 Å². The lowest BCUT2D eigenvalue weighted by Gasteiger charge is -2.12. The average Bonchev–Trinajstić information content (AvgIpc) is 2.95. The van der Waals surface area contributed by atoms with Crippen molar-refractivity contribution in [2.45, 2.75) is 13.5 Å². The molecular weight excluding hydrogens is 494 g/mol. The Labute approximate surface area is 227 Å². The summed E-state index contributed by atoms with van der Waals surface area (Å²) >= 11 is 0. The fourth-order valence-corrected chi connectivity index (χ4v) is 3.65. The van der Waals surface area contributed by atoms with Gasteiger partial charge in [0, 0.05) is 11.3 Å². The van der Waals surface area contributed by atoms with Crippen LogP contribution >= 0.6 is 0 Å². The molecule has 2 amide bonds. The molecule has 0 atom stereocenters. The fraction of sp³-hybridized carbons (Fsp3) is 0.129. The summed E-state index contributed by atoms with van der Waals surface area (Å²) in [6, 6.07) is 29.3. The van der Waals surface area contributed by atoms with Gasteiger partial charge in [0.05, 0.1) is 13.3 Å². The average molecular weight is 524 g/mol. The summed E-state index contributed by atoms with van der Waals surface area (Å²) in [5.41, 5.74) is 6.36. The number of anilines is 1. The second-order valence-corrected chi connectivity index (χ2v) is 8.62. The van der Waals surface area contributed by atoms with Gasteiger partial charge >= 0.3 is 0 Å². The van der Waals surface area contributed by atoms with Crippen molar-refractivity contribution in [2.75, 3.05) is 19.0 Å². The molecule has 8 nitrogen and oxygen atoms in total. The van der Waals surface area contributed by atoms with Crippen LogP contribution in [0.2, 0.25) is 0 Å². The van der Waals surface area contributed by atoms with Gasteiger partial charge in [0.1, 0.15) is 12.4 Å². The molecule has 0 unspecified atom stereocenters. The van der Waals surface area contributed by atoms with E-state index in [1.165, 1.54) is 13.3 Å². The molecule has 0 heterocycles. The van der Waals surface area contributed by atoms with E-state index >= 15 is 0 Å². The molecule has 0 aliphatic carbocycles. The van der Waals surface area contributed by atoms with Crippen LogP contribution in [0, 0.1) is 6.92 Å². The van der Waals surface area contributed by atoms with Crippen LogP contribution in [0.5, 0.6) is 17.2 Å². The van der Waals surface area contributed by atoms with Crippen molar-refractivity contribution in [3.63, 3.8) is 0 Å². The number of rotatable bonds is 11. The van der Waals surface area contributed by atoms with Gasteiger partial charge in [0.15, 0.2) is 18.1 Å². The van der Waals surface area contributed by atoms with E-state index in [0.29, 0.717) is 40.7 Å². The zero-order valence-corrected chi connectivity index (χ0v) is 21.7. The lowest BCUT2D eigenvalue weighted by Crippen LogP contribution is -2.20. The van der Waals surface area contributed by atoms with E-state index in [9.17, 15) is 9.59 Å². The Kier molecular flexibility index (Phi) is 9.28. The Balaban J connectivity index is 1.29. The van der Waals surface area contributed by atoms with Crippen molar-refractivity contribution in [3.05, 3.63) is 119 Å². The van der Waals surface area contributed by atoms with Crippen molar-refractivity contribution < 1.29 is 23.8 Å². The Morgan fingerprint density at radius 2 is 1.67 bits per heavy atom. The van der Waals surface area contributed by atoms with Gasteiger partial charge in [-0.05, 0) is 66.1 Å². The van der Waals surface area contributed by atoms with E-state index in [0.717, 1.165) is 11.1 Å². The predicted octanol–water partition coefficient (Wildman–Crippen LogP) is 5.36. The number of hydrogen-bond donors (Lipinski definition) is 2. The summed E-state index contributed by atoms with van der Waals surface area (Å²) in [5, 5.41) is 6.84. The fourth-order valence-electron chi connectivity index (χ4n) is 3.65. The molecule has 0 radical (unpaired) electrons. The lowest BCUT2D eigenvalue weighted by atomic mass is 10.2. The monoisotopic (exact) mass is 523 g/mol. The van der Waals surface area contributed by atoms with E-state index in [4.69, 9.17) is 14.2 Å². The number of ether oxygens (including phenoxy) is 3. The minimum absolute atomic E-state index is 0.141. The second-order valence-electron chi connectivity index (χ2n) is 8.62. The largest absolute Gasteiger partial charge is 0.493 e. The minimum atomic E-state index is -0.403. The summed E-state index contributed by atoms with van der Waals surface area (Å²) in [5.74, 6) is 0.809. The van der Waals surface area contributed by atoms with Crippen LogP contribution in [0.4, 0.5) is 5.69 Å². The summed E-state index contributed by atoms with van der Waals surface area (Å²) in [7, 11) is 1.52. The van der Waals surface area contributed by atoms with Gasteiger partial charge in [0.2, 0.25) is 0 Å². The molecule has 39 heavy (non-hydrogen) atoms. The van der Waals surface area contributed by atoms with E-state index in [1.807, 2.05) is 61.5 Å². The second kappa shape index (κ2) is 13.4. The molecule has 0 aliphatic heterocycles. The van der Waals surface area contributed by atoms with Crippen LogP contribution in [-0.4, -0.2) is 31.7 Å². The number of nitrogens with zero attached hydrogens (tertiary/aromatic N) is 1. The molecular formula is C31H29N3O5. The summed E-state index contributed by atoms with van der Waals surface area (Å²) in [4.78, 5) is 24.8. The summed E-state index contributed by atoms with van der Waals surface area (Å²) < 4.78 is 16.9. The van der Waals surface area contributed by atoms with Crippen molar-refractivity contribution in [1.29, 1.82) is 0 Å². The first-order valence-corrected chi connectivity index (χ1v) is 12.3. The highest BCUT2D eigenvalue weighted by molar-refractivity contribution is 5.95. The van der Waals surface area contributed by atoms with Crippen molar-refractivity contribution >= 4 is 23.7 Å². The normalized spacial score (nSPS) is 10.6. The van der Waals surface area contributed by atoms with E-state index < -0.39 is 5.91 Å². The van der Waals surface area contributed by atoms with E-state index in [1.54, 1.807) is 42.5 Å². The molecule has 0 aliphatic rings. The zero-order chi connectivity index (χ0) is 27.5. The van der Waals surface area contributed by atoms with Gasteiger partial charge in [-0.25, -0.2) is 5.43 Å². The van der Waals surface area contributed by atoms with Crippen LogP contribution in [0.1, 0.15) is 27.0 Å². The van der Waals surface area contributed by atoms with Gasteiger partial charge in [-0.15, -0.1) is 0 Å². The Morgan fingerprint density at radius 3 is 2.46 bits per heavy atom. The lowest BCUT2D eigenvalue weighted by molar-refractivity contribution is -0.118. The van der Waals surface area contributed by atoms with Crippen molar-refractivity contribution in [2.24, 2.45) is 5.10 Å². The summed E-state index contributed by atoms with van der Waals surface area (Å²) in [6.07, 6.45) is 1.49. The molecule has 0 spiro atoms. The SMILES string of the molecule is COc1cc(C(=O)N/N=C/c2cccc(OCC(=O)Nc3cccc(C)c3)c2)ccc1OCc1ccccc1. The van der Waals surface area contributed by atoms with Gasteiger partial charge < -0.3 is 19.5 Å². The highest BCUT2D eigenvalue weighted by atomic mass is 16.5. The maximum absolute atomic E-state index is 12.6.